The first-order valence-electron chi connectivity index (χ1n) is 13.9. The minimum absolute atomic E-state index is 0.0989. The van der Waals surface area contributed by atoms with Gasteiger partial charge in [-0.25, -0.2) is 0 Å². The lowest BCUT2D eigenvalue weighted by Gasteiger charge is -2.15. The van der Waals surface area contributed by atoms with E-state index in [-0.39, 0.29) is 17.7 Å². The molecule has 1 aliphatic rings. The number of aryl methyl sites for hydroxylation is 3. The monoisotopic (exact) mass is 525 g/mol. The number of H-pyrrole nitrogens is 1. The van der Waals surface area contributed by atoms with E-state index < -0.39 is 0 Å². The van der Waals surface area contributed by atoms with Crippen LogP contribution >= 0.6 is 0 Å². The van der Waals surface area contributed by atoms with E-state index in [1.165, 1.54) is 27.6 Å². The van der Waals surface area contributed by atoms with Gasteiger partial charge in [0.15, 0.2) is 0 Å². The molecule has 1 aliphatic heterocycles. The van der Waals surface area contributed by atoms with Gasteiger partial charge in [0.1, 0.15) is 5.75 Å². The van der Waals surface area contributed by atoms with Gasteiger partial charge in [0.25, 0.3) is 5.91 Å². The van der Waals surface area contributed by atoms with E-state index in [0.717, 1.165) is 53.5 Å². The molecule has 0 aliphatic carbocycles. The maximum atomic E-state index is 12.8. The molecule has 1 amide bonds. The van der Waals surface area contributed by atoms with Crippen molar-refractivity contribution >= 4 is 27.7 Å². The first-order valence-corrected chi connectivity index (χ1v) is 13.9. The minimum atomic E-state index is -0.290. The lowest BCUT2D eigenvalue weighted by atomic mass is 9.94. The summed E-state index contributed by atoms with van der Waals surface area (Å²) in [4.78, 5) is 16.4. The standard InChI is InChI=1S/C35H31N3O2/c1-22-9-11-24(12-10-22)21-38-18-17-25-14-13-23(19-32(25)38)5-4-8-31-33(28-6-2-3-7-30(28)36-31)34-29-20-26(39)15-16-27(29)35(40)37-34/h2-3,6-7,9-20,34,36,39H,4-5,8,21H2,1H3,(H,37,40). The Morgan fingerprint density at radius 1 is 0.875 bits per heavy atom. The first kappa shape index (κ1) is 24.3. The fourth-order valence-corrected chi connectivity index (χ4v) is 6.14. The van der Waals surface area contributed by atoms with Crippen molar-refractivity contribution in [1.82, 2.24) is 14.9 Å². The number of benzene rings is 4. The van der Waals surface area contributed by atoms with Crippen molar-refractivity contribution in [1.29, 1.82) is 0 Å². The second kappa shape index (κ2) is 9.76. The summed E-state index contributed by atoms with van der Waals surface area (Å²) in [5.41, 5.74) is 9.89. The highest BCUT2D eigenvalue weighted by Gasteiger charge is 2.33. The highest BCUT2D eigenvalue weighted by Crippen LogP contribution is 2.39. The molecule has 5 heteroatoms. The summed E-state index contributed by atoms with van der Waals surface area (Å²) in [5.74, 6) is 0.0716. The molecule has 1 atom stereocenters. The molecule has 198 valence electrons. The van der Waals surface area contributed by atoms with Gasteiger partial charge in [0.2, 0.25) is 0 Å². The van der Waals surface area contributed by atoms with Crippen molar-refractivity contribution < 1.29 is 9.90 Å². The zero-order valence-corrected chi connectivity index (χ0v) is 22.4. The second-order valence-corrected chi connectivity index (χ2v) is 10.9. The number of aromatic nitrogens is 2. The number of nitrogens with zero attached hydrogens (tertiary/aromatic N) is 1. The molecule has 0 saturated heterocycles. The van der Waals surface area contributed by atoms with Gasteiger partial charge in [-0.2, -0.15) is 0 Å². The molecule has 1 unspecified atom stereocenters. The van der Waals surface area contributed by atoms with E-state index in [9.17, 15) is 9.90 Å². The zero-order chi connectivity index (χ0) is 27.2. The van der Waals surface area contributed by atoms with Crippen LogP contribution in [0.25, 0.3) is 21.8 Å². The fourth-order valence-electron chi connectivity index (χ4n) is 6.14. The van der Waals surface area contributed by atoms with E-state index in [4.69, 9.17) is 0 Å². The molecule has 0 fully saturated rings. The Morgan fingerprint density at radius 2 is 1.70 bits per heavy atom. The number of rotatable bonds is 7. The Kier molecular flexibility index (Phi) is 5.93. The topological polar surface area (TPSA) is 70.0 Å². The van der Waals surface area contributed by atoms with Crippen LogP contribution in [0.15, 0.2) is 97.2 Å². The minimum Gasteiger partial charge on any atom is -0.508 e. The highest BCUT2D eigenvalue weighted by molar-refractivity contribution is 6.01. The van der Waals surface area contributed by atoms with E-state index in [2.05, 4.69) is 88.7 Å². The number of amides is 1. The smallest absolute Gasteiger partial charge is 0.252 e. The van der Waals surface area contributed by atoms with E-state index in [1.54, 1.807) is 18.2 Å². The Bertz CT molecular complexity index is 1880. The van der Waals surface area contributed by atoms with Gasteiger partial charge in [-0.05, 0) is 84.7 Å². The molecule has 3 heterocycles. The lowest BCUT2D eigenvalue weighted by Crippen LogP contribution is -2.20. The van der Waals surface area contributed by atoms with Crippen molar-refractivity contribution in [2.75, 3.05) is 0 Å². The number of carbonyl (C=O) groups excluding carboxylic acids is 1. The van der Waals surface area contributed by atoms with Gasteiger partial charge in [-0.3, -0.25) is 4.79 Å². The highest BCUT2D eigenvalue weighted by atomic mass is 16.3. The van der Waals surface area contributed by atoms with Crippen LogP contribution in [-0.2, 0) is 19.4 Å². The SMILES string of the molecule is Cc1ccc(Cn2ccc3ccc(CCCc4[nH]c5ccccc5c4C4NC(=O)c5ccc(O)cc54)cc32)cc1. The summed E-state index contributed by atoms with van der Waals surface area (Å²) in [6.07, 6.45) is 4.95. The molecule has 0 spiro atoms. The Labute approximate surface area is 233 Å². The number of para-hydroxylation sites is 1. The lowest BCUT2D eigenvalue weighted by molar-refractivity contribution is 0.0960. The number of carbonyl (C=O) groups is 1. The molecule has 0 radical (unpaired) electrons. The van der Waals surface area contributed by atoms with Crippen LogP contribution in [0.4, 0.5) is 0 Å². The third kappa shape index (κ3) is 4.34. The molecule has 5 nitrogen and oxygen atoms in total. The molecule has 2 aromatic heterocycles. The predicted molar refractivity (Wildman–Crippen MR) is 160 cm³/mol. The third-order valence-corrected chi connectivity index (χ3v) is 8.19. The summed E-state index contributed by atoms with van der Waals surface area (Å²) in [5, 5.41) is 15.7. The summed E-state index contributed by atoms with van der Waals surface area (Å²) < 4.78 is 2.33. The molecular formula is C35H31N3O2. The summed E-state index contributed by atoms with van der Waals surface area (Å²) >= 11 is 0. The van der Waals surface area contributed by atoms with Gasteiger partial charge < -0.3 is 20.0 Å². The van der Waals surface area contributed by atoms with Crippen LogP contribution in [0, 0.1) is 6.92 Å². The van der Waals surface area contributed by atoms with Crippen LogP contribution in [0.2, 0.25) is 0 Å². The number of hydrogen-bond acceptors (Lipinski definition) is 2. The average Bonchev–Trinajstić information content (AvgIpc) is 3.62. The van der Waals surface area contributed by atoms with Gasteiger partial charge in [-0.15, -0.1) is 0 Å². The molecule has 0 bridgehead atoms. The van der Waals surface area contributed by atoms with E-state index in [0.29, 0.717) is 5.56 Å². The van der Waals surface area contributed by atoms with Gasteiger partial charge in [0.05, 0.1) is 6.04 Å². The molecule has 7 rings (SSSR count). The second-order valence-electron chi connectivity index (χ2n) is 10.9. The Morgan fingerprint density at radius 3 is 2.58 bits per heavy atom. The molecular weight excluding hydrogens is 494 g/mol. The maximum absolute atomic E-state index is 12.8. The van der Waals surface area contributed by atoms with Crippen LogP contribution in [0.5, 0.6) is 5.75 Å². The number of nitrogens with one attached hydrogen (secondary N) is 2. The van der Waals surface area contributed by atoms with Gasteiger partial charge in [-0.1, -0.05) is 60.2 Å². The number of fused-ring (bicyclic) bond motifs is 3. The molecule has 3 N–H and O–H groups in total. The largest absolute Gasteiger partial charge is 0.508 e. The van der Waals surface area contributed by atoms with Crippen LogP contribution in [-0.4, -0.2) is 20.6 Å². The molecule has 40 heavy (non-hydrogen) atoms. The summed E-state index contributed by atoms with van der Waals surface area (Å²) in [6.45, 7) is 2.98. The maximum Gasteiger partial charge on any atom is 0.252 e. The fraction of sp³-hybridized carbons (Fsp3) is 0.171. The first-order chi connectivity index (χ1) is 19.5. The number of hydrogen-bond donors (Lipinski definition) is 3. The molecule has 4 aromatic carbocycles. The predicted octanol–water partition coefficient (Wildman–Crippen LogP) is 7.19. The summed E-state index contributed by atoms with van der Waals surface area (Å²) in [7, 11) is 0. The van der Waals surface area contributed by atoms with Crippen molar-refractivity contribution in [3.05, 3.63) is 136 Å². The van der Waals surface area contributed by atoms with Crippen molar-refractivity contribution in [2.24, 2.45) is 0 Å². The van der Waals surface area contributed by atoms with E-state index >= 15 is 0 Å². The van der Waals surface area contributed by atoms with Crippen LogP contribution in [0.1, 0.15) is 56.3 Å². The van der Waals surface area contributed by atoms with Gasteiger partial charge in [0, 0.05) is 46.0 Å². The summed E-state index contributed by atoms with van der Waals surface area (Å²) in [6, 6.07) is 30.7. The number of aromatic amines is 1. The zero-order valence-electron chi connectivity index (χ0n) is 22.4. The Balaban J connectivity index is 1.14. The van der Waals surface area contributed by atoms with Crippen LogP contribution < -0.4 is 5.32 Å². The van der Waals surface area contributed by atoms with Crippen molar-refractivity contribution in [2.45, 2.75) is 38.8 Å². The van der Waals surface area contributed by atoms with E-state index in [1.807, 2.05) is 12.1 Å². The van der Waals surface area contributed by atoms with Gasteiger partial charge >= 0.3 is 0 Å². The third-order valence-electron chi connectivity index (χ3n) is 8.19. The molecule has 0 saturated carbocycles. The number of phenols is 1. The molecule has 6 aromatic rings. The number of phenolic OH excluding ortho intramolecular Hbond substituents is 1. The quantitative estimate of drug-likeness (QED) is 0.206. The van der Waals surface area contributed by atoms with Crippen LogP contribution in [0.3, 0.4) is 0 Å². The normalized spacial score (nSPS) is 14.6. The van der Waals surface area contributed by atoms with Crippen molar-refractivity contribution in [3.63, 3.8) is 0 Å². The number of aromatic hydroxyl groups is 1. The van der Waals surface area contributed by atoms with Crippen molar-refractivity contribution in [3.8, 4) is 5.75 Å². The average molecular weight is 526 g/mol. The Hall–Kier alpha value is -4.77.